The normalized spacial score (nSPS) is 12.0. The smallest absolute Gasteiger partial charge is 0.336 e. The minimum atomic E-state index is -1.49. The standard InChI is InChI=1S/C12H12F2O3/c1-3-17-12(16)7(2)11(15)8-4-9(13)6-10(14)5-8/h4-6,11,15H,2-3H2,1H3. The first-order valence-electron chi connectivity index (χ1n) is 4.95. The zero-order valence-corrected chi connectivity index (χ0v) is 9.24. The number of aliphatic hydroxyl groups excluding tert-OH is 1. The Bertz CT molecular complexity index is 423. The average Bonchev–Trinajstić information content (AvgIpc) is 2.26. The molecular formula is C12H12F2O3. The maximum atomic E-state index is 12.9. The fourth-order valence-electron chi connectivity index (χ4n) is 1.27. The van der Waals surface area contributed by atoms with Gasteiger partial charge in [0, 0.05) is 6.07 Å². The number of aliphatic hydroxyl groups is 1. The van der Waals surface area contributed by atoms with Crippen LogP contribution in [-0.2, 0) is 9.53 Å². The molecule has 0 aliphatic heterocycles. The molecule has 0 saturated heterocycles. The second-order valence-corrected chi connectivity index (χ2v) is 3.35. The van der Waals surface area contributed by atoms with E-state index < -0.39 is 23.7 Å². The Hall–Kier alpha value is -1.75. The van der Waals surface area contributed by atoms with Gasteiger partial charge in [-0.15, -0.1) is 0 Å². The lowest BCUT2D eigenvalue weighted by Gasteiger charge is -2.13. The molecule has 1 aromatic rings. The highest BCUT2D eigenvalue weighted by Crippen LogP contribution is 2.22. The first-order chi connectivity index (χ1) is 7.95. The lowest BCUT2D eigenvalue weighted by molar-refractivity contribution is -0.139. The highest BCUT2D eigenvalue weighted by molar-refractivity contribution is 5.89. The number of halogens is 2. The molecule has 0 bridgehead atoms. The van der Waals surface area contributed by atoms with Crippen molar-refractivity contribution in [2.75, 3.05) is 6.61 Å². The van der Waals surface area contributed by atoms with Crippen molar-refractivity contribution < 1.29 is 23.4 Å². The molecule has 0 saturated carbocycles. The number of hydrogen-bond acceptors (Lipinski definition) is 3. The fourth-order valence-corrected chi connectivity index (χ4v) is 1.27. The van der Waals surface area contributed by atoms with Gasteiger partial charge in [-0.25, -0.2) is 13.6 Å². The second-order valence-electron chi connectivity index (χ2n) is 3.35. The molecule has 0 spiro atoms. The maximum Gasteiger partial charge on any atom is 0.336 e. The van der Waals surface area contributed by atoms with E-state index in [4.69, 9.17) is 0 Å². The third-order valence-corrected chi connectivity index (χ3v) is 2.07. The summed E-state index contributed by atoms with van der Waals surface area (Å²) in [6, 6.07) is 2.53. The molecule has 3 nitrogen and oxygen atoms in total. The molecule has 0 aromatic heterocycles. The van der Waals surface area contributed by atoms with Gasteiger partial charge in [0.2, 0.25) is 0 Å². The van der Waals surface area contributed by atoms with Crippen LogP contribution in [0.3, 0.4) is 0 Å². The van der Waals surface area contributed by atoms with E-state index in [2.05, 4.69) is 11.3 Å². The molecule has 92 valence electrons. The Labute approximate surface area is 97.3 Å². The number of benzene rings is 1. The minimum Gasteiger partial charge on any atom is -0.463 e. The summed E-state index contributed by atoms with van der Waals surface area (Å²) in [5.74, 6) is -2.48. The van der Waals surface area contributed by atoms with Crippen molar-refractivity contribution in [1.82, 2.24) is 0 Å². The summed E-state index contributed by atoms with van der Waals surface area (Å²) in [5.41, 5.74) is -0.350. The van der Waals surface area contributed by atoms with Crippen LogP contribution >= 0.6 is 0 Å². The lowest BCUT2D eigenvalue weighted by Crippen LogP contribution is -2.14. The van der Waals surface area contributed by atoms with E-state index in [1.54, 1.807) is 6.92 Å². The third kappa shape index (κ3) is 3.35. The van der Waals surface area contributed by atoms with Crippen LogP contribution in [0, 0.1) is 11.6 Å². The van der Waals surface area contributed by atoms with E-state index in [0.29, 0.717) is 6.07 Å². The molecule has 1 rings (SSSR count). The zero-order chi connectivity index (χ0) is 13.0. The van der Waals surface area contributed by atoms with Gasteiger partial charge in [-0.3, -0.25) is 0 Å². The third-order valence-electron chi connectivity index (χ3n) is 2.07. The number of rotatable bonds is 4. The predicted octanol–water partition coefficient (Wildman–Crippen LogP) is 2.12. The van der Waals surface area contributed by atoms with Gasteiger partial charge >= 0.3 is 5.97 Å². The number of carbonyl (C=O) groups is 1. The van der Waals surface area contributed by atoms with Crippen molar-refractivity contribution in [1.29, 1.82) is 0 Å². The highest BCUT2D eigenvalue weighted by Gasteiger charge is 2.20. The molecule has 1 atom stereocenters. The van der Waals surface area contributed by atoms with Crippen LogP contribution in [0.4, 0.5) is 8.78 Å². The Kier molecular flexibility index (Phi) is 4.34. The Morgan fingerprint density at radius 1 is 1.41 bits per heavy atom. The Morgan fingerprint density at radius 3 is 2.41 bits per heavy atom. The van der Waals surface area contributed by atoms with Crippen molar-refractivity contribution in [2.45, 2.75) is 13.0 Å². The van der Waals surface area contributed by atoms with Crippen LogP contribution in [0.5, 0.6) is 0 Å². The maximum absolute atomic E-state index is 12.9. The summed E-state index contributed by atoms with van der Waals surface area (Å²) >= 11 is 0. The summed E-state index contributed by atoms with van der Waals surface area (Å²) in [5, 5.41) is 9.70. The van der Waals surface area contributed by atoms with Crippen LogP contribution in [0.25, 0.3) is 0 Å². The molecule has 0 fully saturated rings. The molecule has 1 N–H and O–H groups in total. The number of hydrogen-bond donors (Lipinski definition) is 1. The Balaban J connectivity index is 2.92. The van der Waals surface area contributed by atoms with Gasteiger partial charge in [0.05, 0.1) is 12.2 Å². The molecule has 5 heteroatoms. The average molecular weight is 242 g/mol. The summed E-state index contributed by atoms with van der Waals surface area (Å²) in [6.07, 6.45) is -1.49. The van der Waals surface area contributed by atoms with E-state index in [1.807, 2.05) is 0 Å². The monoisotopic (exact) mass is 242 g/mol. The van der Waals surface area contributed by atoms with Crippen molar-refractivity contribution in [3.05, 3.63) is 47.5 Å². The van der Waals surface area contributed by atoms with Crippen LogP contribution in [-0.4, -0.2) is 17.7 Å². The van der Waals surface area contributed by atoms with E-state index in [1.165, 1.54) is 0 Å². The molecule has 0 aliphatic carbocycles. The zero-order valence-electron chi connectivity index (χ0n) is 9.24. The van der Waals surface area contributed by atoms with Gasteiger partial charge in [0.1, 0.15) is 17.7 Å². The van der Waals surface area contributed by atoms with E-state index in [0.717, 1.165) is 12.1 Å². The first kappa shape index (κ1) is 13.3. The predicted molar refractivity (Wildman–Crippen MR) is 57.1 cm³/mol. The van der Waals surface area contributed by atoms with Crippen LogP contribution in [0.15, 0.2) is 30.4 Å². The number of ether oxygens (including phenoxy) is 1. The van der Waals surface area contributed by atoms with Crippen LogP contribution in [0.2, 0.25) is 0 Å². The topological polar surface area (TPSA) is 46.5 Å². The summed E-state index contributed by atoms with van der Waals surface area (Å²) in [4.78, 5) is 11.3. The fraction of sp³-hybridized carbons (Fsp3) is 0.250. The minimum absolute atomic E-state index is 0.0828. The van der Waals surface area contributed by atoms with Crippen molar-refractivity contribution in [3.8, 4) is 0 Å². The van der Waals surface area contributed by atoms with E-state index in [9.17, 15) is 18.7 Å². The Morgan fingerprint density at radius 2 is 1.94 bits per heavy atom. The van der Waals surface area contributed by atoms with Gasteiger partial charge < -0.3 is 9.84 Å². The second kappa shape index (κ2) is 5.54. The van der Waals surface area contributed by atoms with Crippen LogP contribution in [0.1, 0.15) is 18.6 Å². The SMILES string of the molecule is C=C(C(=O)OCC)C(O)c1cc(F)cc(F)c1. The molecule has 0 amide bonds. The van der Waals surface area contributed by atoms with Gasteiger partial charge in [-0.2, -0.15) is 0 Å². The molecule has 1 aromatic carbocycles. The van der Waals surface area contributed by atoms with Crippen LogP contribution < -0.4 is 0 Å². The van der Waals surface area contributed by atoms with Gasteiger partial charge in [-0.1, -0.05) is 6.58 Å². The van der Waals surface area contributed by atoms with Gasteiger partial charge in [0.25, 0.3) is 0 Å². The van der Waals surface area contributed by atoms with E-state index >= 15 is 0 Å². The first-order valence-corrected chi connectivity index (χ1v) is 4.95. The lowest BCUT2D eigenvalue weighted by atomic mass is 10.0. The molecule has 17 heavy (non-hydrogen) atoms. The van der Waals surface area contributed by atoms with Crippen molar-refractivity contribution in [3.63, 3.8) is 0 Å². The quantitative estimate of drug-likeness (QED) is 0.649. The molecule has 1 unspecified atom stereocenters. The molecular weight excluding hydrogens is 230 g/mol. The van der Waals surface area contributed by atoms with Gasteiger partial charge in [0.15, 0.2) is 0 Å². The summed E-state index contributed by atoms with van der Waals surface area (Å²) < 4.78 is 30.4. The van der Waals surface area contributed by atoms with Crippen molar-refractivity contribution in [2.24, 2.45) is 0 Å². The van der Waals surface area contributed by atoms with Crippen molar-refractivity contribution >= 4 is 5.97 Å². The largest absolute Gasteiger partial charge is 0.463 e. The molecule has 0 heterocycles. The highest BCUT2D eigenvalue weighted by atomic mass is 19.1. The number of carbonyl (C=O) groups excluding carboxylic acids is 1. The molecule has 0 radical (unpaired) electrons. The number of esters is 1. The summed E-state index contributed by atoms with van der Waals surface area (Å²) in [7, 11) is 0. The van der Waals surface area contributed by atoms with Gasteiger partial charge in [-0.05, 0) is 24.6 Å². The molecule has 0 aliphatic rings. The summed E-state index contributed by atoms with van der Waals surface area (Å²) in [6.45, 7) is 5.06. The van der Waals surface area contributed by atoms with E-state index in [-0.39, 0.29) is 17.7 Å².